The van der Waals surface area contributed by atoms with Crippen molar-refractivity contribution in [1.82, 2.24) is 4.98 Å². The Balaban J connectivity index is 0.000000550. The van der Waals surface area contributed by atoms with Crippen molar-refractivity contribution in [2.45, 2.75) is 20.8 Å². The number of hydrogen-bond donors (Lipinski definition) is 0. The molecule has 1 heterocycles. The van der Waals surface area contributed by atoms with E-state index < -0.39 is 0 Å². The zero-order valence-electron chi connectivity index (χ0n) is 10.9. The van der Waals surface area contributed by atoms with Gasteiger partial charge in [0.1, 0.15) is 0 Å². The Morgan fingerprint density at radius 1 is 1.11 bits per heavy atom. The summed E-state index contributed by atoms with van der Waals surface area (Å²) in [6.07, 6.45) is 1.79. The average molecular weight is 430 g/mol. The molecule has 105 valence electrons. The molecule has 2 nitrogen and oxygen atoms in total. The van der Waals surface area contributed by atoms with Gasteiger partial charge in [-0.3, -0.25) is 4.99 Å². The molecule has 0 saturated heterocycles. The molecule has 0 unspecified atom stereocenters. The molecule has 1 aromatic carbocycles. The van der Waals surface area contributed by atoms with E-state index in [9.17, 15) is 0 Å². The van der Waals surface area contributed by atoms with Crippen LogP contribution in [0.1, 0.15) is 23.7 Å². The second-order valence-corrected chi connectivity index (χ2v) is 8.99. The minimum atomic E-state index is 0.947. The van der Waals surface area contributed by atoms with E-state index in [1.165, 1.54) is 22.0 Å². The number of aromatic nitrogens is 1. The van der Waals surface area contributed by atoms with E-state index in [0.29, 0.717) is 0 Å². The Bertz CT molecular complexity index is 516. The molecule has 0 N–H and O–H groups in total. The number of para-hydroxylation sites is 1. The molecule has 0 aliphatic rings. The Labute approximate surface area is 134 Å². The van der Waals surface area contributed by atoms with Gasteiger partial charge in [-0.1, -0.05) is 30.3 Å². The van der Waals surface area contributed by atoms with Crippen LogP contribution in [0.4, 0.5) is 5.69 Å². The van der Waals surface area contributed by atoms with Crippen molar-refractivity contribution in [2.24, 2.45) is 4.99 Å². The summed E-state index contributed by atoms with van der Waals surface area (Å²) in [6.45, 7) is 6.16. The van der Waals surface area contributed by atoms with Gasteiger partial charge in [-0.05, 0) is 31.9 Å². The summed E-state index contributed by atoms with van der Waals surface area (Å²) in [5.41, 5.74) is 5.37. The predicted octanol–water partition coefficient (Wildman–Crippen LogP) is 5.09. The number of hydrogen-bond acceptors (Lipinski definition) is 1. The van der Waals surface area contributed by atoms with Gasteiger partial charge in [0.15, 0.2) is 0 Å². The number of aliphatic imine (C=N–C) groups is 1. The Morgan fingerprint density at radius 2 is 1.68 bits per heavy atom. The SMILES string of the molecule is CC(=Nc1c(C)cccc1C)c1ccc[n-]1.[Br][Ni+][Br]. The molecule has 1 aromatic heterocycles. The standard InChI is InChI=1S/C14H15N2.2BrH.Ni/c1-10-6-4-7-11(2)14(10)16-12(3)13-8-5-9-15-13;;;/h4-9H,1-3H3;2*1H;/q-1;;;+3/p-2. The first-order valence-electron chi connectivity index (χ1n) is 5.62. The van der Waals surface area contributed by atoms with Gasteiger partial charge in [-0.25, -0.2) is 0 Å². The average Bonchev–Trinajstić information content (AvgIpc) is 2.88. The second-order valence-electron chi connectivity index (χ2n) is 4.01. The second kappa shape index (κ2) is 8.73. The van der Waals surface area contributed by atoms with E-state index in [0.717, 1.165) is 17.1 Å². The van der Waals surface area contributed by atoms with E-state index in [1.807, 2.05) is 19.1 Å². The van der Waals surface area contributed by atoms with Crippen molar-refractivity contribution in [2.75, 3.05) is 0 Å². The van der Waals surface area contributed by atoms with Crippen molar-refractivity contribution < 1.29 is 10.9 Å². The molecule has 2 rings (SSSR count). The fourth-order valence-corrected chi connectivity index (χ4v) is 1.72. The monoisotopic (exact) mass is 427 g/mol. The number of aryl methyl sites for hydroxylation is 2. The first-order chi connectivity index (χ1) is 9.10. The fourth-order valence-electron chi connectivity index (χ4n) is 1.72. The van der Waals surface area contributed by atoms with Gasteiger partial charge in [0.2, 0.25) is 0 Å². The summed E-state index contributed by atoms with van der Waals surface area (Å²) >= 11 is 6.00. The third kappa shape index (κ3) is 5.25. The minimum absolute atomic E-state index is 0.947. The summed E-state index contributed by atoms with van der Waals surface area (Å²) < 4.78 is 0. The first-order valence-corrected chi connectivity index (χ1v) is 10.5. The number of halogens is 2. The molecule has 0 aliphatic carbocycles. The van der Waals surface area contributed by atoms with Crippen LogP contribution in [0.5, 0.6) is 0 Å². The maximum atomic E-state index is 4.65. The van der Waals surface area contributed by atoms with Crippen molar-refractivity contribution in [3.63, 3.8) is 0 Å². The number of benzene rings is 1. The molecular weight excluding hydrogens is 415 g/mol. The van der Waals surface area contributed by atoms with Crippen LogP contribution in [0.15, 0.2) is 41.5 Å². The Kier molecular flexibility index (Phi) is 7.66. The van der Waals surface area contributed by atoms with E-state index in [4.69, 9.17) is 0 Å². The maximum absolute atomic E-state index is 4.65. The molecule has 5 heteroatoms. The van der Waals surface area contributed by atoms with Crippen LogP contribution in [-0.4, -0.2) is 5.71 Å². The molecule has 0 atom stereocenters. The van der Waals surface area contributed by atoms with Gasteiger partial charge in [-0.15, -0.1) is 5.69 Å². The molecule has 19 heavy (non-hydrogen) atoms. The van der Waals surface area contributed by atoms with Gasteiger partial charge in [-0.2, -0.15) is 6.20 Å². The molecule has 0 aliphatic heterocycles. The van der Waals surface area contributed by atoms with Crippen LogP contribution < -0.4 is 4.98 Å². The zero-order valence-corrected chi connectivity index (χ0v) is 15.1. The fraction of sp³-hybridized carbons (Fsp3) is 0.214. The van der Waals surface area contributed by atoms with Crippen molar-refractivity contribution in [3.05, 3.63) is 53.3 Å². The molecular formula is C14H15Br2N2Ni. The summed E-state index contributed by atoms with van der Waals surface area (Å²) in [5.74, 6) is 0. The van der Waals surface area contributed by atoms with Gasteiger partial charge in [0.05, 0.1) is 5.69 Å². The Morgan fingerprint density at radius 3 is 2.16 bits per heavy atom. The summed E-state index contributed by atoms with van der Waals surface area (Å²) in [4.78, 5) is 8.90. The molecule has 2 aromatic rings. The topological polar surface area (TPSA) is 26.5 Å². The van der Waals surface area contributed by atoms with Crippen molar-refractivity contribution >= 4 is 39.9 Å². The third-order valence-electron chi connectivity index (χ3n) is 2.64. The van der Waals surface area contributed by atoms with Crippen LogP contribution in [0.3, 0.4) is 0 Å². The van der Waals surface area contributed by atoms with Crippen LogP contribution in [0, 0.1) is 13.8 Å². The molecule has 0 fully saturated rings. The third-order valence-corrected chi connectivity index (χ3v) is 2.64. The summed E-state index contributed by atoms with van der Waals surface area (Å²) in [5, 5.41) is 0. The van der Waals surface area contributed by atoms with Gasteiger partial charge < -0.3 is 4.98 Å². The molecule has 0 saturated carbocycles. The van der Waals surface area contributed by atoms with Crippen LogP contribution >= 0.6 is 28.5 Å². The van der Waals surface area contributed by atoms with Gasteiger partial charge in [0.25, 0.3) is 0 Å². The van der Waals surface area contributed by atoms with Crippen LogP contribution in [0.25, 0.3) is 0 Å². The normalized spacial score (nSPS) is 11.1. The summed E-state index contributed by atoms with van der Waals surface area (Å²) in [6, 6.07) is 10.1. The predicted molar refractivity (Wildman–Crippen MR) is 85.4 cm³/mol. The van der Waals surface area contributed by atoms with E-state index in [2.05, 4.69) is 70.5 Å². The van der Waals surface area contributed by atoms with Gasteiger partial charge >= 0.3 is 39.3 Å². The number of nitrogens with zero attached hydrogens (tertiary/aromatic N) is 2. The molecule has 0 bridgehead atoms. The van der Waals surface area contributed by atoms with Gasteiger partial charge in [0, 0.05) is 5.71 Å². The first kappa shape index (κ1) is 16.7. The zero-order chi connectivity index (χ0) is 14.3. The molecule has 0 amide bonds. The number of rotatable bonds is 2. The van der Waals surface area contributed by atoms with Crippen LogP contribution in [-0.2, 0) is 10.9 Å². The quantitative estimate of drug-likeness (QED) is 0.482. The van der Waals surface area contributed by atoms with Crippen molar-refractivity contribution in [1.29, 1.82) is 0 Å². The summed E-state index contributed by atoms with van der Waals surface area (Å²) in [7, 11) is 1.25. The van der Waals surface area contributed by atoms with E-state index >= 15 is 0 Å². The molecule has 0 spiro atoms. The van der Waals surface area contributed by atoms with E-state index in [-0.39, 0.29) is 0 Å². The molecule has 0 radical (unpaired) electrons. The Hall–Kier alpha value is -0.376. The van der Waals surface area contributed by atoms with Crippen LogP contribution in [0.2, 0.25) is 0 Å². The van der Waals surface area contributed by atoms with Crippen molar-refractivity contribution in [3.8, 4) is 0 Å². The van der Waals surface area contributed by atoms with E-state index in [1.54, 1.807) is 6.20 Å².